The molecule has 0 aromatic rings. The first-order chi connectivity index (χ1) is 14.3. The molecule has 10 heteroatoms. The van der Waals surface area contributed by atoms with Crippen LogP contribution >= 0.6 is 24.0 Å². The summed E-state index contributed by atoms with van der Waals surface area (Å²) >= 11 is 0. The number of amides is 1. The second-order valence-corrected chi connectivity index (χ2v) is 8.95. The van der Waals surface area contributed by atoms with Crippen LogP contribution in [0, 0.1) is 5.92 Å². The van der Waals surface area contributed by atoms with Crippen molar-refractivity contribution in [3.63, 3.8) is 0 Å². The molecule has 31 heavy (non-hydrogen) atoms. The van der Waals surface area contributed by atoms with E-state index in [1.54, 1.807) is 12.0 Å². The Kier molecular flexibility index (Phi) is 13.0. The molecule has 0 saturated carbocycles. The predicted molar refractivity (Wildman–Crippen MR) is 133 cm³/mol. The molecule has 0 aromatic heterocycles. The lowest BCUT2D eigenvalue weighted by atomic mass is 10.1. The minimum Gasteiger partial charge on any atom is -0.444 e. The van der Waals surface area contributed by atoms with Gasteiger partial charge in [-0.3, -0.25) is 9.89 Å². The average molecular weight is 556 g/mol. The highest BCUT2D eigenvalue weighted by molar-refractivity contribution is 14.0. The number of carbonyl (C=O) groups is 1. The first-order valence-corrected chi connectivity index (χ1v) is 11.0. The van der Waals surface area contributed by atoms with Gasteiger partial charge in [-0.1, -0.05) is 0 Å². The zero-order valence-corrected chi connectivity index (χ0v) is 22.2. The molecule has 0 radical (unpaired) electrons. The second kappa shape index (κ2) is 14.3. The minimum absolute atomic E-state index is 0. The predicted octanol–water partition coefficient (Wildman–Crippen LogP) is 1.72. The molecule has 2 rings (SSSR count). The molecule has 1 unspecified atom stereocenters. The van der Waals surface area contributed by atoms with Crippen LogP contribution in [0.5, 0.6) is 0 Å². The van der Waals surface area contributed by atoms with E-state index in [0.717, 1.165) is 58.3 Å². The quantitative estimate of drug-likeness (QED) is 0.212. The lowest BCUT2D eigenvalue weighted by molar-refractivity contribution is 0.0147. The fourth-order valence-corrected chi connectivity index (χ4v) is 3.69. The van der Waals surface area contributed by atoms with Gasteiger partial charge in [-0.05, 0) is 27.2 Å². The van der Waals surface area contributed by atoms with E-state index in [0.29, 0.717) is 32.2 Å². The Hall–Kier alpha value is -0.850. The van der Waals surface area contributed by atoms with Crippen molar-refractivity contribution in [2.45, 2.75) is 32.8 Å². The Bertz CT molecular complexity index is 550. The van der Waals surface area contributed by atoms with Gasteiger partial charge < -0.3 is 29.3 Å². The Morgan fingerprint density at radius 2 is 1.81 bits per heavy atom. The number of hydrogen-bond donors (Lipinski definition) is 1. The Balaban J connectivity index is 0.00000480. The van der Waals surface area contributed by atoms with Crippen molar-refractivity contribution in [3.05, 3.63) is 0 Å². The van der Waals surface area contributed by atoms with Crippen LogP contribution in [0.2, 0.25) is 0 Å². The van der Waals surface area contributed by atoms with Gasteiger partial charge in [0, 0.05) is 72.4 Å². The van der Waals surface area contributed by atoms with E-state index in [4.69, 9.17) is 14.2 Å². The van der Waals surface area contributed by atoms with Gasteiger partial charge >= 0.3 is 6.09 Å². The maximum absolute atomic E-state index is 12.2. The van der Waals surface area contributed by atoms with Gasteiger partial charge in [0.1, 0.15) is 5.60 Å². The fourth-order valence-electron chi connectivity index (χ4n) is 3.69. The third kappa shape index (κ3) is 10.5. The molecule has 1 amide bonds. The number of likely N-dealkylation sites (tertiary alicyclic amines) is 1. The van der Waals surface area contributed by atoms with Gasteiger partial charge in [0.2, 0.25) is 0 Å². The lowest BCUT2D eigenvalue weighted by Gasteiger charge is -2.35. The monoisotopic (exact) mass is 555 g/mol. The molecule has 0 aliphatic carbocycles. The molecule has 2 fully saturated rings. The molecule has 2 aliphatic rings. The van der Waals surface area contributed by atoms with Crippen LogP contribution in [-0.2, 0) is 14.2 Å². The summed E-state index contributed by atoms with van der Waals surface area (Å²) in [6.45, 7) is 14.7. The molecule has 1 N–H and O–H groups in total. The largest absolute Gasteiger partial charge is 0.444 e. The lowest BCUT2D eigenvalue weighted by Crippen LogP contribution is -2.51. The van der Waals surface area contributed by atoms with E-state index in [-0.39, 0.29) is 30.1 Å². The second-order valence-electron chi connectivity index (χ2n) is 8.95. The maximum atomic E-state index is 12.2. The number of hydrogen-bond acceptors (Lipinski definition) is 6. The van der Waals surface area contributed by atoms with Crippen LogP contribution in [0.25, 0.3) is 0 Å². The number of piperazine rings is 1. The van der Waals surface area contributed by atoms with Gasteiger partial charge in [0.25, 0.3) is 0 Å². The Labute approximate surface area is 204 Å². The number of ether oxygens (including phenoxy) is 3. The SMILES string of the molecule is CN=C(NCCN1CCN(C(=O)OC(C)(C)C)CC1)N1CCC(COCCOC)C1.I. The Morgan fingerprint density at radius 1 is 1.10 bits per heavy atom. The first kappa shape index (κ1) is 28.2. The Morgan fingerprint density at radius 3 is 2.42 bits per heavy atom. The summed E-state index contributed by atoms with van der Waals surface area (Å²) in [4.78, 5) is 23.1. The van der Waals surface area contributed by atoms with Crippen molar-refractivity contribution in [3.8, 4) is 0 Å². The van der Waals surface area contributed by atoms with Crippen LogP contribution < -0.4 is 5.32 Å². The number of nitrogens with one attached hydrogen (secondary N) is 1. The molecule has 2 aliphatic heterocycles. The summed E-state index contributed by atoms with van der Waals surface area (Å²) < 4.78 is 16.2. The normalized spacial score (nSPS) is 20.5. The first-order valence-electron chi connectivity index (χ1n) is 11.0. The van der Waals surface area contributed by atoms with Crippen LogP contribution in [-0.4, -0.2) is 119 Å². The van der Waals surface area contributed by atoms with Crippen LogP contribution in [0.4, 0.5) is 4.79 Å². The minimum atomic E-state index is -0.446. The van der Waals surface area contributed by atoms with E-state index >= 15 is 0 Å². The summed E-state index contributed by atoms with van der Waals surface area (Å²) in [6.07, 6.45) is 0.913. The third-order valence-corrected chi connectivity index (χ3v) is 5.32. The molecule has 182 valence electrons. The molecular formula is C21H42IN5O4. The van der Waals surface area contributed by atoms with Gasteiger partial charge in [-0.2, -0.15) is 0 Å². The van der Waals surface area contributed by atoms with E-state index in [1.807, 2.05) is 27.8 Å². The van der Waals surface area contributed by atoms with Crippen LogP contribution in [0.1, 0.15) is 27.2 Å². The molecule has 0 bridgehead atoms. The van der Waals surface area contributed by atoms with Crippen molar-refractivity contribution in [2.75, 3.05) is 86.3 Å². The summed E-state index contributed by atoms with van der Waals surface area (Å²) in [5, 5.41) is 3.49. The maximum Gasteiger partial charge on any atom is 0.410 e. The highest BCUT2D eigenvalue weighted by Gasteiger charge is 2.27. The summed E-state index contributed by atoms with van der Waals surface area (Å²) in [5.41, 5.74) is -0.446. The molecule has 0 spiro atoms. The fraction of sp³-hybridized carbons (Fsp3) is 0.905. The van der Waals surface area contributed by atoms with E-state index in [2.05, 4.69) is 20.1 Å². The highest BCUT2D eigenvalue weighted by Crippen LogP contribution is 2.16. The number of carbonyl (C=O) groups excluding carboxylic acids is 1. The summed E-state index contributed by atoms with van der Waals surface area (Å²) in [5.74, 6) is 1.50. The van der Waals surface area contributed by atoms with E-state index in [1.165, 1.54) is 0 Å². The zero-order valence-electron chi connectivity index (χ0n) is 19.9. The standard InChI is InChI=1S/C21H41N5O4.HI/c1-21(2,3)30-20(27)25-12-10-24(11-13-25)9-7-23-19(22-4)26-8-6-18(16-26)17-29-15-14-28-5;/h18H,6-17H2,1-5H3,(H,22,23);1H. The molecule has 1 atom stereocenters. The molecular weight excluding hydrogens is 513 g/mol. The molecule has 9 nitrogen and oxygen atoms in total. The highest BCUT2D eigenvalue weighted by atomic mass is 127. The van der Waals surface area contributed by atoms with Gasteiger partial charge in [0.15, 0.2) is 5.96 Å². The van der Waals surface area contributed by atoms with Gasteiger partial charge in [-0.15, -0.1) is 24.0 Å². The topological polar surface area (TPSA) is 78.9 Å². The summed E-state index contributed by atoms with van der Waals surface area (Å²) in [6, 6.07) is 0. The number of rotatable bonds is 8. The number of methoxy groups -OCH3 is 1. The van der Waals surface area contributed by atoms with E-state index in [9.17, 15) is 4.79 Å². The van der Waals surface area contributed by atoms with Crippen molar-refractivity contribution in [2.24, 2.45) is 10.9 Å². The smallest absolute Gasteiger partial charge is 0.410 e. The molecule has 0 aromatic carbocycles. The number of guanidine groups is 1. The number of nitrogens with zero attached hydrogens (tertiary/aromatic N) is 4. The average Bonchev–Trinajstić information content (AvgIpc) is 3.16. The van der Waals surface area contributed by atoms with Gasteiger partial charge in [-0.25, -0.2) is 4.79 Å². The summed E-state index contributed by atoms with van der Waals surface area (Å²) in [7, 11) is 3.53. The van der Waals surface area contributed by atoms with Crippen molar-refractivity contribution < 1.29 is 19.0 Å². The number of halogens is 1. The van der Waals surface area contributed by atoms with Crippen molar-refractivity contribution >= 4 is 36.0 Å². The molecule has 2 saturated heterocycles. The van der Waals surface area contributed by atoms with Crippen molar-refractivity contribution in [1.29, 1.82) is 0 Å². The van der Waals surface area contributed by atoms with Crippen molar-refractivity contribution in [1.82, 2.24) is 20.0 Å². The third-order valence-electron chi connectivity index (χ3n) is 5.32. The molecule has 2 heterocycles. The van der Waals surface area contributed by atoms with E-state index < -0.39 is 5.60 Å². The van der Waals surface area contributed by atoms with Gasteiger partial charge in [0.05, 0.1) is 19.8 Å². The zero-order chi connectivity index (χ0) is 22.0. The van der Waals surface area contributed by atoms with Crippen LogP contribution in [0.3, 0.4) is 0 Å². The number of aliphatic imine (C=N–C) groups is 1. The van der Waals surface area contributed by atoms with Crippen LogP contribution in [0.15, 0.2) is 4.99 Å².